The molecule has 0 atom stereocenters. The monoisotopic (exact) mass is 211 g/mol. The van der Waals surface area contributed by atoms with Crippen molar-refractivity contribution >= 4 is 23.1 Å². The highest BCUT2D eigenvalue weighted by atomic mass is 32.2. The van der Waals surface area contributed by atoms with Crippen LogP contribution in [0, 0.1) is 10.1 Å². The van der Waals surface area contributed by atoms with Crippen molar-refractivity contribution in [2.75, 3.05) is 11.5 Å². The van der Waals surface area contributed by atoms with Gasteiger partial charge in [-0.15, -0.1) is 18.3 Å². The molecular weight excluding hydrogens is 202 g/mol. The van der Waals surface area contributed by atoms with E-state index >= 15 is 0 Å². The van der Waals surface area contributed by atoms with E-state index < -0.39 is 4.92 Å². The second-order valence-corrected chi connectivity index (χ2v) is 3.49. The Hall–Kier alpha value is -1.56. The molecule has 1 aromatic heterocycles. The van der Waals surface area contributed by atoms with E-state index in [4.69, 9.17) is 5.73 Å². The van der Waals surface area contributed by atoms with Crippen molar-refractivity contribution in [3.8, 4) is 0 Å². The van der Waals surface area contributed by atoms with Crippen molar-refractivity contribution in [2.24, 2.45) is 0 Å². The van der Waals surface area contributed by atoms with Crippen LogP contribution in [0.5, 0.6) is 0 Å². The van der Waals surface area contributed by atoms with Crippen molar-refractivity contribution in [3.05, 3.63) is 35.2 Å². The molecule has 2 N–H and O–H groups in total. The number of nitrogens with zero attached hydrogens (tertiary/aromatic N) is 2. The lowest BCUT2D eigenvalue weighted by Crippen LogP contribution is -1.98. The lowest BCUT2D eigenvalue weighted by atomic mass is 10.4. The summed E-state index contributed by atoms with van der Waals surface area (Å²) in [6.07, 6.45) is 4.37. The van der Waals surface area contributed by atoms with Crippen LogP contribution in [0.4, 0.5) is 11.4 Å². The average Bonchev–Trinajstić information content (AvgIpc) is 2.14. The predicted octanol–water partition coefficient (Wildman–Crippen LogP) is 1.85. The lowest BCUT2D eigenvalue weighted by Gasteiger charge is -2.01. The van der Waals surface area contributed by atoms with Crippen LogP contribution in [0.1, 0.15) is 0 Å². The molecular formula is C8H9N3O2S. The third kappa shape index (κ3) is 2.23. The molecule has 0 aliphatic heterocycles. The van der Waals surface area contributed by atoms with E-state index in [1.165, 1.54) is 24.2 Å². The summed E-state index contributed by atoms with van der Waals surface area (Å²) in [5.74, 6) is 0.589. The highest BCUT2D eigenvalue weighted by Gasteiger charge is 2.17. The number of rotatable bonds is 4. The normalized spacial score (nSPS) is 9.71. The SMILES string of the molecule is C=CCSc1cncc(N)c1[N+](=O)[O-]. The molecule has 6 heteroatoms. The summed E-state index contributed by atoms with van der Waals surface area (Å²) in [4.78, 5) is 14.4. The standard InChI is InChI=1S/C8H9N3O2S/c1-2-3-14-7-5-10-4-6(9)8(7)11(12)13/h2,4-5H,1,3,9H2. The number of nitro groups is 1. The summed E-state index contributed by atoms with van der Waals surface area (Å²) in [6.45, 7) is 3.53. The van der Waals surface area contributed by atoms with Crippen LogP contribution in [-0.2, 0) is 0 Å². The van der Waals surface area contributed by atoms with E-state index in [0.717, 1.165) is 0 Å². The molecule has 14 heavy (non-hydrogen) atoms. The maximum absolute atomic E-state index is 10.7. The highest BCUT2D eigenvalue weighted by Crippen LogP contribution is 2.32. The molecule has 0 saturated heterocycles. The number of aromatic nitrogens is 1. The smallest absolute Gasteiger partial charge is 0.308 e. The fourth-order valence-electron chi connectivity index (χ4n) is 0.900. The highest BCUT2D eigenvalue weighted by molar-refractivity contribution is 7.99. The summed E-state index contributed by atoms with van der Waals surface area (Å²) in [5, 5.41) is 10.7. The predicted molar refractivity (Wildman–Crippen MR) is 56.2 cm³/mol. The molecule has 0 saturated carbocycles. The number of anilines is 1. The fraction of sp³-hybridized carbons (Fsp3) is 0.125. The minimum Gasteiger partial charge on any atom is -0.392 e. The van der Waals surface area contributed by atoms with Gasteiger partial charge in [-0.05, 0) is 0 Å². The van der Waals surface area contributed by atoms with Crippen LogP contribution in [0.3, 0.4) is 0 Å². The summed E-state index contributed by atoms with van der Waals surface area (Å²) in [5.41, 5.74) is 5.46. The third-order valence-corrected chi connectivity index (χ3v) is 2.46. The van der Waals surface area contributed by atoms with Crippen LogP contribution >= 0.6 is 11.8 Å². The Morgan fingerprint density at radius 2 is 2.43 bits per heavy atom. The Labute approximate surface area is 85.2 Å². The summed E-state index contributed by atoms with van der Waals surface area (Å²) in [7, 11) is 0. The van der Waals surface area contributed by atoms with Crippen molar-refractivity contribution in [3.63, 3.8) is 0 Å². The van der Waals surface area contributed by atoms with Crippen LogP contribution < -0.4 is 5.73 Å². The first-order chi connectivity index (χ1) is 6.66. The van der Waals surface area contributed by atoms with Gasteiger partial charge in [-0.25, -0.2) is 0 Å². The molecule has 0 fully saturated rings. The van der Waals surface area contributed by atoms with Gasteiger partial charge in [-0.1, -0.05) is 6.08 Å². The lowest BCUT2D eigenvalue weighted by molar-refractivity contribution is -0.386. The van der Waals surface area contributed by atoms with E-state index in [-0.39, 0.29) is 11.4 Å². The Balaban J connectivity index is 3.07. The van der Waals surface area contributed by atoms with E-state index in [1.807, 2.05) is 0 Å². The van der Waals surface area contributed by atoms with Gasteiger partial charge in [0.15, 0.2) is 0 Å². The molecule has 1 heterocycles. The molecule has 0 bridgehead atoms. The molecule has 0 spiro atoms. The first-order valence-corrected chi connectivity index (χ1v) is 4.77. The molecule has 1 aromatic rings. The van der Waals surface area contributed by atoms with E-state index in [9.17, 15) is 10.1 Å². The molecule has 5 nitrogen and oxygen atoms in total. The van der Waals surface area contributed by atoms with Gasteiger partial charge in [0.05, 0.1) is 11.1 Å². The average molecular weight is 211 g/mol. The molecule has 0 aromatic carbocycles. The Morgan fingerprint density at radius 1 is 1.71 bits per heavy atom. The van der Waals surface area contributed by atoms with Crippen molar-refractivity contribution in [1.29, 1.82) is 0 Å². The van der Waals surface area contributed by atoms with Gasteiger partial charge in [0.25, 0.3) is 0 Å². The minimum absolute atomic E-state index is 0.0770. The largest absolute Gasteiger partial charge is 0.392 e. The van der Waals surface area contributed by atoms with Crippen LogP contribution in [0.15, 0.2) is 29.9 Å². The number of hydrogen-bond donors (Lipinski definition) is 1. The number of nitrogens with two attached hydrogens (primary N) is 1. The first-order valence-electron chi connectivity index (χ1n) is 3.78. The number of thioether (sulfide) groups is 1. The topological polar surface area (TPSA) is 82.0 Å². The second kappa shape index (κ2) is 4.61. The minimum atomic E-state index is -0.498. The zero-order chi connectivity index (χ0) is 10.6. The van der Waals surface area contributed by atoms with E-state index in [0.29, 0.717) is 10.6 Å². The number of pyridine rings is 1. The van der Waals surface area contributed by atoms with Crippen molar-refractivity contribution in [1.82, 2.24) is 4.98 Å². The van der Waals surface area contributed by atoms with Gasteiger partial charge in [-0.2, -0.15) is 0 Å². The number of hydrogen-bond acceptors (Lipinski definition) is 5. The number of nitrogen functional groups attached to an aromatic ring is 1. The van der Waals surface area contributed by atoms with Crippen LogP contribution in [0.25, 0.3) is 0 Å². The van der Waals surface area contributed by atoms with Gasteiger partial charge in [-0.3, -0.25) is 15.1 Å². The molecule has 0 radical (unpaired) electrons. The molecule has 0 aliphatic carbocycles. The zero-order valence-corrected chi connectivity index (χ0v) is 8.16. The zero-order valence-electron chi connectivity index (χ0n) is 7.34. The van der Waals surface area contributed by atoms with E-state index in [2.05, 4.69) is 11.6 Å². The Kier molecular flexibility index (Phi) is 3.47. The Morgan fingerprint density at radius 3 is 3.00 bits per heavy atom. The Bertz CT molecular complexity index is 368. The first kappa shape index (κ1) is 10.5. The third-order valence-electron chi connectivity index (χ3n) is 1.45. The van der Waals surface area contributed by atoms with Crippen molar-refractivity contribution in [2.45, 2.75) is 4.90 Å². The molecule has 0 unspecified atom stereocenters. The van der Waals surface area contributed by atoms with E-state index in [1.54, 1.807) is 6.08 Å². The summed E-state index contributed by atoms with van der Waals surface area (Å²) >= 11 is 1.29. The summed E-state index contributed by atoms with van der Waals surface area (Å²) in [6, 6.07) is 0. The van der Waals surface area contributed by atoms with Crippen LogP contribution in [-0.4, -0.2) is 15.7 Å². The summed E-state index contributed by atoms with van der Waals surface area (Å²) < 4.78 is 0. The van der Waals surface area contributed by atoms with Gasteiger partial charge in [0.2, 0.25) is 0 Å². The fourth-order valence-corrected chi connectivity index (χ4v) is 1.66. The van der Waals surface area contributed by atoms with Gasteiger partial charge < -0.3 is 5.73 Å². The maximum atomic E-state index is 10.7. The maximum Gasteiger partial charge on any atom is 0.308 e. The quantitative estimate of drug-likeness (QED) is 0.355. The van der Waals surface area contributed by atoms with Crippen LogP contribution in [0.2, 0.25) is 0 Å². The second-order valence-electron chi connectivity index (χ2n) is 2.43. The van der Waals surface area contributed by atoms with Gasteiger partial charge in [0, 0.05) is 11.9 Å². The molecule has 0 amide bonds. The molecule has 74 valence electrons. The van der Waals surface area contributed by atoms with Crippen molar-refractivity contribution < 1.29 is 4.92 Å². The van der Waals surface area contributed by atoms with Gasteiger partial charge >= 0.3 is 5.69 Å². The molecule has 1 rings (SSSR count). The molecule has 0 aliphatic rings. The van der Waals surface area contributed by atoms with Gasteiger partial charge in [0.1, 0.15) is 10.6 Å².